The van der Waals surface area contributed by atoms with E-state index in [1.807, 2.05) is 6.07 Å². The molecule has 0 atom stereocenters. The van der Waals surface area contributed by atoms with Crippen LogP contribution in [0.4, 0.5) is 0 Å². The van der Waals surface area contributed by atoms with Crippen LogP contribution in [0.5, 0.6) is 11.5 Å². The maximum Gasteiger partial charge on any atom is 0.338 e. The van der Waals surface area contributed by atoms with Crippen LogP contribution < -0.4 is 14.8 Å². The minimum Gasteiger partial charge on any atom is -0.493 e. The molecule has 30 heavy (non-hydrogen) atoms. The number of carbonyl (C=O) groups excluding carboxylic acids is 3. The van der Waals surface area contributed by atoms with E-state index in [2.05, 4.69) is 11.9 Å². The fraction of sp³-hybridized carbons (Fsp3) is 0.318. The lowest BCUT2D eigenvalue weighted by Crippen LogP contribution is -2.22. The number of ketones is 1. The molecule has 0 saturated carbocycles. The highest BCUT2D eigenvalue weighted by molar-refractivity contribution is 7.14. The standard InChI is InChI=1S/C22H25NO6S/c1-5-6-15-11-16(12-19(27-3)21(15)28-4)22(26)29-13-18(25)20-8-7-17(30-20)9-10-23-14(2)24/h5,7-8,11-12H,1,6,9-10,13H2,2-4H3,(H,23,24). The van der Waals surface area contributed by atoms with Crippen molar-refractivity contribution in [3.05, 3.63) is 57.8 Å². The van der Waals surface area contributed by atoms with Gasteiger partial charge >= 0.3 is 5.97 Å². The third kappa shape index (κ3) is 6.18. The maximum atomic E-state index is 12.5. The molecule has 160 valence electrons. The number of benzene rings is 1. The molecule has 1 aromatic carbocycles. The van der Waals surface area contributed by atoms with Crippen molar-refractivity contribution in [2.45, 2.75) is 19.8 Å². The number of ether oxygens (including phenoxy) is 3. The quantitative estimate of drug-likeness (QED) is 0.334. The molecule has 0 bridgehead atoms. The number of nitrogens with one attached hydrogen (secondary N) is 1. The molecular formula is C22H25NO6S. The van der Waals surface area contributed by atoms with Crippen molar-refractivity contribution in [3.63, 3.8) is 0 Å². The molecule has 1 aromatic heterocycles. The first kappa shape index (κ1) is 23.2. The van der Waals surface area contributed by atoms with Gasteiger partial charge in [-0.25, -0.2) is 4.79 Å². The van der Waals surface area contributed by atoms with Gasteiger partial charge in [-0.2, -0.15) is 0 Å². The van der Waals surface area contributed by atoms with E-state index < -0.39 is 5.97 Å². The predicted octanol–water partition coefficient (Wildman–Crippen LogP) is 3.21. The van der Waals surface area contributed by atoms with Crippen molar-refractivity contribution < 1.29 is 28.6 Å². The van der Waals surface area contributed by atoms with Gasteiger partial charge in [-0.3, -0.25) is 9.59 Å². The zero-order valence-corrected chi connectivity index (χ0v) is 18.1. The molecule has 0 aliphatic carbocycles. The summed E-state index contributed by atoms with van der Waals surface area (Å²) in [6, 6.07) is 6.69. The molecular weight excluding hydrogens is 406 g/mol. The van der Waals surface area contributed by atoms with Gasteiger partial charge in [0.1, 0.15) is 0 Å². The molecule has 1 heterocycles. The van der Waals surface area contributed by atoms with Gasteiger partial charge in [-0.1, -0.05) is 6.08 Å². The molecule has 2 rings (SSSR count). The van der Waals surface area contributed by atoms with Crippen LogP contribution in [0.25, 0.3) is 0 Å². The molecule has 0 saturated heterocycles. The average molecular weight is 432 g/mol. The third-order valence-corrected chi connectivity index (χ3v) is 5.36. The van der Waals surface area contributed by atoms with Crippen LogP contribution in [0.1, 0.15) is 37.4 Å². The van der Waals surface area contributed by atoms with Crippen molar-refractivity contribution in [3.8, 4) is 11.5 Å². The molecule has 8 heteroatoms. The molecule has 0 aliphatic heterocycles. The summed E-state index contributed by atoms with van der Waals surface area (Å²) >= 11 is 1.32. The molecule has 1 N–H and O–H groups in total. The third-order valence-electron chi connectivity index (χ3n) is 4.17. The van der Waals surface area contributed by atoms with Crippen molar-refractivity contribution in [2.75, 3.05) is 27.4 Å². The van der Waals surface area contributed by atoms with Crippen molar-refractivity contribution >= 4 is 29.0 Å². The minimum absolute atomic E-state index is 0.0961. The second-order valence-corrected chi connectivity index (χ2v) is 7.53. The largest absolute Gasteiger partial charge is 0.493 e. The van der Waals surface area contributed by atoms with Gasteiger partial charge in [-0.05, 0) is 37.1 Å². The predicted molar refractivity (Wildman–Crippen MR) is 115 cm³/mol. The number of Topliss-reactive ketones (excluding diaryl/α,β-unsaturated/α-hetero) is 1. The Hall–Kier alpha value is -3.13. The van der Waals surface area contributed by atoms with E-state index in [0.29, 0.717) is 35.8 Å². The van der Waals surface area contributed by atoms with E-state index in [-0.39, 0.29) is 23.9 Å². The number of hydrogen-bond acceptors (Lipinski definition) is 7. The van der Waals surface area contributed by atoms with E-state index in [1.54, 1.807) is 18.2 Å². The van der Waals surface area contributed by atoms with Crippen LogP contribution >= 0.6 is 11.3 Å². The monoisotopic (exact) mass is 431 g/mol. The summed E-state index contributed by atoms with van der Waals surface area (Å²) in [4.78, 5) is 37.2. The number of methoxy groups -OCH3 is 2. The molecule has 0 fully saturated rings. The van der Waals surface area contributed by atoms with Crippen LogP contribution in [-0.4, -0.2) is 45.0 Å². The normalized spacial score (nSPS) is 10.2. The van der Waals surface area contributed by atoms with Crippen LogP contribution in [0.15, 0.2) is 36.9 Å². The van der Waals surface area contributed by atoms with E-state index >= 15 is 0 Å². The molecule has 1 amide bonds. The molecule has 0 unspecified atom stereocenters. The van der Waals surface area contributed by atoms with Gasteiger partial charge in [0.05, 0.1) is 24.7 Å². The molecule has 0 spiro atoms. The van der Waals surface area contributed by atoms with Gasteiger partial charge in [0.15, 0.2) is 18.1 Å². The fourth-order valence-corrected chi connectivity index (χ4v) is 3.71. The van der Waals surface area contributed by atoms with E-state index in [0.717, 1.165) is 10.4 Å². The summed E-state index contributed by atoms with van der Waals surface area (Å²) in [6.07, 6.45) is 2.81. The van der Waals surface area contributed by atoms with Crippen LogP contribution in [0.3, 0.4) is 0 Å². The molecule has 7 nitrogen and oxygen atoms in total. The highest BCUT2D eigenvalue weighted by Gasteiger charge is 2.18. The van der Waals surface area contributed by atoms with Crippen LogP contribution in [-0.2, 0) is 22.4 Å². The Balaban J connectivity index is 2.02. The minimum atomic E-state index is -0.628. The topological polar surface area (TPSA) is 90.9 Å². The first-order valence-electron chi connectivity index (χ1n) is 9.28. The zero-order valence-electron chi connectivity index (χ0n) is 17.3. The summed E-state index contributed by atoms with van der Waals surface area (Å²) in [7, 11) is 3.00. The number of amides is 1. The summed E-state index contributed by atoms with van der Waals surface area (Å²) in [5.41, 5.74) is 0.992. The second-order valence-electron chi connectivity index (χ2n) is 6.36. The summed E-state index contributed by atoms with van der Waals surface area (Å²) in [5, 5.41) is 2.71. The highest BCUT2D eigenvalue weighted by atomic mass is 32.1. The van der Waals surface area contributed by atoms with Crippen LogP contribution in [0, 0.1) is 0 Å². The zero-order chi connectivity index (χ0) is 22.1. The molecule has 0 radical (unpaired) electrons. The number of hydrogen-bond donors (Lipinski definition) is 1. The van der Waals surface area contributed by atoms with Crippen molar-refractivity contribution in [1.82, 2.24) is 5.32 Å². The lowest BCUT2D eigenvalue weighted by molar-refractivity contribution is -0.118. The smallest absolute Gasteiger partial charge is 0.338 e. The van der Waals surface area contributed by atoms with E-state index in [4.69, 9.17) is 14.2 Å². The number of rotatable bonds is 11. The average Bonchev–Trinajstić information content (AvgIpc) is 3.20. The van der Waals surface area contributed by atoms with E-state index in [9.17, 15) is 14.4 Å². The Morgan fingerprint density at radius 3 is 2.57 bits per heavy atom. The maximum absolute atomic E-state index is 12.5. The van der Waals surface area contributed by atoms with Gasteiger partial charge < -0.3 is 19.5 Å². The summed E-state index contributed by atoms with van der Waals surface area (Å²) < 4.78 is 15.9. The van der Waals surface area contributed by atoms with E-state index in [1.165, 1.54) is 38.5 Å². The SMILES string of the molecule is C=CCc1cc(C(=O)OCC(=O)c2ccc(CCNC(C)=O)s2)cc(OC)c1OC. The Morgan fingerprint density at radius 2 is 1.93 bits per heavy atom. The summed E-state index contributed by atoms with van der Waals surface area (Å²) in [5.74, 6) is -0.0863. The number of thiophene rings is 1. The van der Waals surface area contributed by atoms with Gasteiger partial charge in [0.25, 0.3) is 0 Å². The number of carbonyl (C=O) groups is 3. The van der Waals surface area contributed by atoms with Gasteiger partial charge in [0, 0.05) is 23.9 Å². The second kappa shape index (κ2) is 11.2. The number of esters is 1. The fourth-order valence-electron chi connectivity index (χ4n) is 2.78. The Kier molecular flexibility index (Phi) is 8.61. The highest BCUT2D eigenvalue weighted by Crippen LogP contribution is 2.33. The Labute approximate surface area is 179 Å². The first-order valence-corrected chi connectivity index (χ1v) is 10.1. The van der Waals surface area contributed by atoms with Gasteiger partial charge in [-0.15, -0.1) is 17.9 Å². The number of allylic oxidation sites excluding steroid dienone is 1. The Morgan fingerprint density at radius 1 is 1.17 bits per heavy atom. The van der Waals surface area contributed by atoms with Crippen molar-refractivity contribution in [2.24, 2.45) is 0 Å². The lowest BCUT2D eigenvalue weighted by atomic mass is 10.1. The van der Waals surface area contributed by atoms with Crippen molar-refractivity contribution in [1.29, 1.82) is 0 Å². The lowest BCUT2D eigenvalue weighted by Gasteiger charge is -2.14. The molecule has 2 aromatic rings. The summed E-state index contributed by atoms with van der Waals surface area (Å²) in [6.45, 7) is 5.30. The first-order chi connectivity index (χ1) is 14.4. The molecule has 0 aliphatic rings. The Bertz CT molecular complexity index is 934. The van der Waals surface area contributed by atoms with Gasteiger partial charge in [0.2, 0.25) is 11.7 Å². The van der Waals surface area contributed by atoms with Crippen LogP contribution in [0.2, 0.25) is 0 Å².